The van der Waals surface area contributed by atoms with E-state index in [0.717, 1.165) is 6.42 Å². The van der Waals surface area contributed by atoms with Crippen LogP contribution in [0.25, 0.3) is 0 Å². The molecule has 72 valence electrons. The van der Waals surface area contributed by atoms with E-state index >= 15 is 0 Å². The molecule has 0 aromatic carbocycles. The van der Waals surface area contributed by atoms with Crippen LogP contribution in [0.4, 0.5) is 0 Å². The van der Waals surface area contributed by atoms with Gasteiger partial charge in [-0.15, -0.1) is 0 Å². The molecular weight excluding hydrogens is 168 g/mol. The van der Waals surface area contributed by atoms with E-state index in [4.69, 9.17) is 0 Å². The summed E-state index contributed by atoms with van der Waals surface area (Å²) in [6.07, 6.45) is 2.01. The van der Waals surface area contributed by atoms with E-state index < -0.39 is 0 Å². The predicted octanol–water partition coefficient (Wildman–Crippen LogP) is -0.139. The molecule has 0 spiro atoms. The molecule has 1 rings (SSSR count). The molecule has 1 aliphatic rings. The lowest BCUT2D eigenvalue weighted by Gasteiger charge is -2.40. The van der Waals surface area contributed by atoms with Crippen LogP contribution in [-0.2, 0) is 9.59 Å². The van der Waals surface area contributed by atoms with Gasteiger partial charge >= 0.3 is 0 Å². The third-order valence-electron chi connectivity index (χ3n) is 2.20. The standard InChI is InChI=1S/C9H14N2O2/c1-4-8(12)11-6-5-7(11)9(13)10(2)3/h4,7H,1,5-6H2,2-3H3/t7-/m1/s1. The molecule has 13 heavy (non-hydrogen) atoms. The first-order valence-corrected chi connectivity index (χ1v) is 4.22. The zero-order chi connectivity index (χ0) is 10.0. The maximum atomic E-state index is 11.5. The van der Waals surface area contributed by atoms with Crippen LogP contribution >= 0.6 is 0 Å². The molecule has 0 radical (unpaired) electrons. The van der Waals surface area contributed by atoms with E-state index in [0.29, 0.717) is 6.54 Å². The van der Waals surface area contributed by atoms with Crippen LogP contribution in [0.1, 0.15) is 6.42 Å². The maximum Gasteiger partial charge on any atom is 0.246 e. The molecule has 0 aliphatic carbocycles. The van der Waals surface area contributed by atoms with E-state index in [1.165, 1.54) is 15.9 Å². The Morgan fingerprint density at radius 1 is 1.54 bits per heavy atom. The van der Waals surface area contributed by atoms with Gasteiger partial charge < -0.3 is 9.80 Å². The van der Waals surface area contributed by atoms with Crippen LogP contribution < -0.4 is 0 Å². The first-order chi connectivity index (χ1) is 6.07. The Morgan fingerprint density at radius 2 is 2.15 bits per heavy atom. The Bertz CT molecular complexity index is 248. The van der Waals surface area contributed by atoms with Gasteiger partial charge in [0, 0.05) is 20.6 Å². The number of hydrogen-bond acceptors (Lipinski definition) is 2. The summed E-state index contributed by atoms with van der Waals surface area (Å²) < 4.78 is 0. The minimum Gasteiger partial charge on any atom is -0.347 e. The molecule has 4 nitrogen and oxygen atoms in total. The Kier molecular flexibility index (Phi) is 2.70. The summed E-state index contributed by atoms with van der Waals surface area (Å²) in [6.45, 7) is 4.05. The fourth-order valence-corrected chi connectivity index (χ4v) is 1.32. The molecular formula is C9H14N2O2. The summed E-state index contributed by atoms with van der Waals surface area (Å²) in [5, 5.41) is 0. The first-order valence-electron chi connectivity index (χ1n) is 4.22. The highest BCUT2D eigenvalue weighted by molar-refractivity contribution is 5.93. The molecule has 0 bridgehead atoms. The molecule has 0 aromatic heterocycles. The molecule has 0 saturated carbocycles. The summed E-state index contributed by atoms with van der Waals surface area (Å²) in [6, 6.07) is -0.263. The van der Waals surface area contributed by atoms with Crippen LogP contribution in [-0.4, -0.2) is 48.3 Å². The summed E-state index contributed by atoms with van der Waals surface area (Å²) >= 11 is 0. The lowest BCUT2D eigenvalue weighted by Crippen LogP contribution is -2.57. The van der Waals surface area contributed by atoms with Crippen LogP contribution in [0.3, 0.4) is 0 Å². The molecule has 0 aromatic rings. The third kappa shape index (κ3) is 1.71. The third-order valence-corrected chi connectivity index (χ3v) is 2.20. The van der Waals surface area contributed by atoms with Crippen LogP contribution in [0.2, 0.25) is 0 Å². The van der Waals surface area contributed by atoms with Gasteiger partial charge in [-0.1, -0.05) is 6.58 Å². The van der Waals surface area contributed by atoms with Gasteiger partial charge in [-0.3, -0.25) is 9.59 Å². The van der Waals surface area contributed by atoms with Crippen molar-refractivity contribution < 1.29 is 9.59 Å². The molecule has 1 aliphatic heterocycles. The van der Waals surface area contributed by atoms with Gasteiger partial charge in [0.25, 0.3) is 0 Å². The van der Waals surface area contributed by atoms with E-state index in [-0.39, 0.29) is 17.9 Å². The Hall–Kier alpha value is -1.32. The lowest BCUT2D eigenvalue weighted by molar-refractivity contribution is -0.148. The van der Waals surface area contributed by atoms with Gasteiger partial charge in [-0.05, 0) is 12.5 Å². The van der Waals surface area contributed by atoms with Gasteiger partial charge in [-0.25, -0.2) is 0 Å². The minimum atomic E-state index is -0.263. The van der Waals surface area contributed by atoms with Crippen LogP contribution in [0.5, 0.6) is 0 Å². The fourth-order valence-electron chi connectivity index (χ4n) is 1.32. The van der Waals surface area contributed by atoms with Crippen molar-refractivity contribution in [1.29, 1.82) is 0 Å². The highest BCUT2D eigenvalue weighted by Crippen LogP contribution is 2.18. The van der Waals surface area contributed by atoms with E-state index in [2.05, 4.69) is 6.58 Å². The number of nitrogens with zero attached hydrogens (tertiary/aromatic N) is 2. The molecule has 1 fully saturated rings. The second-order valence-corrected chi connectivity index (χ2v) is 3.27. The molecule has 1 heterocycles. The summed E-state index contributed by atoms with van der Waals surface area (Å²) in [5.41, 5.74) is 0. The van der Waals surface area contributed by atoms with Crippen molar-refractivity contribution in [2.75, 3.05) is 20.6 Å². The number of amides is 2. The van der Waals surface area contributed by atoms with Crippen molar-refractivity contribution in [3.63, 3.8) is 0 Å². The molecule has 1 saturated heterocycles. The normalized spacial score (nSPS) is 20.5. The van der Waals surface area contributed by atoms with Crippen molar-refractivity contribution in [3.8, 4) is 0 Å². The Balaban J connectivity index is 2.59. The van der Waals surface area contributed by atoms with Crippen molar-refractivity contribution in [2.24, 2.45) is 0 Å². The van der Waals surface area contributed by atoms with Crippen LogP contribution in [0, 0.1) is 0 Å². The van der Waals surface area contributed by atoms with E-state index in [9.17, 15) is 9.59 Å². The van der Waals surface area contributed by atoms with E-state index in [1.54, 1.807) is 14.1 Å². The molecule has 0 unspecified atom stereocenters. The van der Waals surface area contributed by atoms with Crippen molar-refractivity contribution in [2.45, 2.75) is 12.5 Å². The summed E-state index contributed by atoms with van der Waals surface area (Å²) in [5.74, 6) is -0.173. The number of likely N-dealkylation sites (N-methyl/N-ethyl adjacent to an activating group) is 1. The SMILES string of the molecule is C=CC(=O)N1CC[C@@H]1C(=O)N(C)C. The minimum absolute atomic E-state index is 0.0125. The second kappa shape index (κ2) is 3.60. The zero-order valence-electron chi connectivity index (χ0n) is 7.99. The predicted molar refractivity (Wildman–Crippen MR) is 49.0 cm³/mol. The maximum absolute atomic E-state index is 11.5. The highest BCUT2D eigenvalue weighted by atomic mass is 16.2. The fraction of sp³-hybridized carbons (Fsp3) is 0.556. The number of rotatable bonds is 2. The smallest absolute Gasteiger partial charge is 0.246 e. The highest BCUT2D eigenvalue weighted by Gasteiger charge is 2.37. The number of hydrogen-bond donors (Lipinski definition) is 0. The van der Waals surface area contributed by atoms with Gasteiger partial charge in [0.1, 0.15) is 6.04 Å². The summed E-state index contributed by atoms with van der Waals surface area (Å²) in [4.78, 5) is 25.7. The van der Waals surface area contributed by atoms with Gasteiger partial charge in [0.05, 0.1) is 0 Å². The first kappa shape index (κ1) is 9.77. The largest absolute Gasteiger partial charge is 0.347 e. The average Bonchev–Trinajstić information content (AvgIpc) is 2.01. The topological polar surface area (TPSA) is 40.6 Å². The molecule has 2 amide bonds. The molecule has 4 heteroatoms. The van der Waals surface area contributed by atoms with Gasteiger partial charge in [0.15, 0.2) is 0 Å². The Labute approximate surface area is 77.8 Å². The van der Waals surface area contributed by atoms with Crippen molar-refractivity contribution >= 4 is 11.8 Å². The summed E-state index contributed by atoms with van der Waals surface area (Å²) in [7, 11) is 3.38. The average molecular weight is 182 g/mol. The molecule has 1 atom stereocenters. The zero-order valence-corrected chi connectivity index (χ0v) is 7.99. The number of likely N-dealkylation sites (tertiary alicyclic amines) is 1. The lowest BCUT2D eigenvalue weighted by atomic mass is 10.0. The quantitative estimate of drug-likeness (QED) is 0.558. The molecule has 0 N–H and O–H groups in total. The second-order valence-electron chi connectivity index (χ2n) is 3.27. The van der Waals surface area contributed by atoms with Gasteiger partial charge in [-0.2, -0.15) is 0 Å². The van der Waals surface area contributed by atoms with E-state index in [1.807, 2.05) is 0 Å². The van der Waals surface area contributed by atoms with Gasteiger partial charge in [0.2, 0.25) is 11.8 Å². The van der Waals surface area contributed by atoms with Crippen molar-refractivity contribution in [1.82, 2.24) is 9.80 Å². The number of carbonyl (C=O) groups excluding carboxylic acids is 2. The Morgan fingerprint density at radius 3 is 2.46 bits per heavy atom. The van der Waals surface area contributed by atoms with Crippen LogP contribution in [0.15, 0.2) is 12.7 Å². The monoisotopic (exact) mass is 182 g/mol. The number of carbonyl (C=O) groups is 2. The van der Waals surface area contributed by atoms with Crippen molar-refractivity contribution in [3.05, 3.63) is 12.7 Å².